The van der Waals surface area contributed by atoms with Crippen LogP contribution in [0.1, 0.15) is 27.0 Å². The van der Waals surface area contributed by atoms with E-state index in [1.807, 2.05) is 0 Å². The van der Waals surface area contributed by atoms with Crippen LogP contribution in [0.2, 0.25) is 10.0 Å². The molecule has 0 radical (unpaired) electrons. The van der Waals surface area contributed by atoms with Gasteiger partial charge in [0.05, 0.1) is 23.2 Å². The lowest BCUT2D eigenvalue weighted by Crippen LogP contribution is -2.37. The minimum atomic E-state index is -5.06. The second-order valence-corrected chi connectivity index (χ2v) is 10.3. The zero-order valence-corrected chi connectivity index (χ0v) is 22.5. The smallest absolute Gasteiger partial charge is 0.416 e. The molecule has 0 atom stereocenters. The van der Waals surface area contributed by atoms with Crippen LogP contribution in [0.15, 0.2) is 59.4 Å². The van der Waals surface area contributed by atoms with E-state index in [0.717, 1.165) is 4.90 Å². The van der Waals surface area contributed by atoms with Crippen molar-refractivity contribution in [3.05, 3.63) is 97.3 Å². The summed E-state index contributed by atoms with van der Waals surface area (Å²) in [6, 6.07) is 10.5. The highest BCUT2D eigenvalue weighted by Gasteiger charge is 2.37. The fourth-order valence-electron chi connectivity index (χ4n) is 4.90. The van der Waals surface area contributed by atoms with Crippen LogP contribution >= 0.6 is 23.2 Å². The first kappa shape index (κ1) is 28.8. The number of para-hydroxylation sites is 1. The molecule has 214 valence electrons. The number of alkyl halides is 6. The van der Waals surface area contributed by atoms with Gasteiger partial charge in [-0.3, -0.25) is 9.59 Å². The number of nitrogens with zero attached hydrogens (tertiary/aromatic N) is 2. The molecule has 41 heavy (non-hydrogen) atoms. The molecular formula is C28H18Cl2F6N2O3. The van der Waals surface area contributed by atoms with Crippen molar-refractivity contribution in [1.82, 2.24) is 9.47 Å². The Kier molecular flexibility index (Phi) is 7.23. The highest BCUT2D eigenvalue weighted by molar-refractivity contribution is 6.35. The molecular weight excluding hydrogens is 597 g/mol. The molecule has 0 N–H and O–H groups in total. The zero-order valence-electron chi connectivity index (χ0n) is 21.0. The fourth-order valence-corrected chi connectivity index (χ4v) is 5.43. The standard InChI is InChI=1S/C28H18Cl2F6N2O3/c1-37(13-14-7-16(27(31,32)33)11-17(8-14)28(34,35)36)25(39)23-22(15-9-18(29)12-19(30)10-15)20-3-2-4-21-24(20)38(26(23)40)5-6-41-21/h2-4,7-12H,5-6,13H2,1H3. The van der Waals surface area contributed by atoms with E-state index in [1.54, 1.807) is 18.2 Å². The summed E-state index contributed by atoms with van der Waals surface area (Å²) in [5, 5.41) is 0.856. The van der Waals surface area contributed by atoms with Gasteiger partial charge in [0.1, 0.15) is 17.9 Å². The molecule has 0 saturated heterocycles. The van der Waals surface area contributed by atoms with Crippen LogP contribution in [0.4, 0.5) is 26.3 Å². The van der Waals surface area contributed by atoms with Gasteiger partial charge in [0.2, 0.25) is 0 Å². The summed E-state index contributed by atoms with van der Waals surface area (Å²) in [6.45, 7) is -0.403. The molecule has 1 aliphatic rings. The number of pyridine rings is 1. The molecule has 1 aliphatic heterocycles. The van der Waals surface area contributed by atoms with Crippen LogP contribution in [0.5, 0.6) is 5.75 Å². The van der Waals surface area contributed by atoms with Gasteiger partial charge >= 0.3 is 12.4 Å². The average Bonchev–Trinajstić information content (AvgIpc) is 2.88. The molecule has 13 heteroatoms. The Labute approximate surface area is 238 Å². The Hall–Kier alpha value is -3.70. The minimum Gasteiger partial charge on any atom is -0.490 e. The highest BCUT2D eigenvalue weighted by Crippen LogP contribution is 2.39. The van der Waals surface area contributed by atoms with E-state index >= 15 is 0 Å². The Morgan fingerprint density at radius 3 is 2.15 bits per heavy atom. The van der Waals surface area contributed by atoms with Crippen molar-refractivity contribution in [3.63, 3.8) is 0 Å². The molecule has 2 heterocycles. The van der Waals surface area contributed by atoms with Crippen LogP contribution in [0.25, 0.3) is 22.0 Å². The van der Waals surface area contributed by atoms with Crippen molar-refractivity contribution in [2.75, 3.05) is 13.7 Å². The maximum absolute atomic E-state index is 13.9. The summed E-state index contributed by atoms with van der Waals surface area (Å²) in [6.07, 6.45) is -10.1. The zero-order chi connectivity index (χ0) is 29.9. The van der Waals surface area contributed by atoms with Crippen LogP contribution in [-0.2, 0) is 25.4 Å². The van der Waals surface area contributed by atoms with Crippen LogP contribution in [-0.4, -0.2) is 29.0 Å². The minimum absolute atomic E-state index is 0.00639. The molecule has 5 nitrogen and oxygen atoms in total. The Bertz CT molecular complexity index is 1710. The van der Waals surface area contributed by atoms with Gasteiger partial charge in [0.25, 0.3) is 11.5 Å². The summed E-state index contributed by atoms with van der Waals surface area (Å²) in [4.78, 5) is 28.6. The van der Waals surface area contributed by atoms with E-state index < -0.39 is 47.1 Å². The number of rotatable bonds is 4. The molecule has 0 saturated carbocycles. The number of hydrogen-bond donors (Lipinski definition) is 0. The van der Waals surface area contributed by atoms with Crippen LogP contribution in [0, 0.1) is 0 Å². The summed E-state index contributed by atoms with van der Waals surface area (Å²) >= 11 is 12.5. The maximum Gasteiger partial charge on any atom is 0.416 e. The highest BCUT2D eigenvalue weighted by atomic mass is 35.5. The van der Waals surface area contributed by atoms with Crippen LogP contribution < -0.4 is 10.3 Å². The van der Waals surface area contributed by atoms with Crippen molar-refractivity contribution in [2.45, 2.75) is 25.4 Å². The topological polar surface area (TPSA) is 51.5 Å². The number of hydrogen-bond acceptors (Lipinski definition) is 3. The summed E-state index contributed by atoms with van der Waals surface area (Å²) < 4.78 is 87.5. The molecule has 0 spiro atoms. The van der Waals surface area contributed by atoms with Gasteiger partial charge in [-0.2, -0.15) is 26.3 Å². The molecule has 1 amide bonds. The van der Waals surface area contributed by atoms with Gasteiger partial charge in [-0.15, -0.1) is 0 Å². The van der Waals surface area contributed by atoms with Gasteiger partial charge in [0.15, 0.2) is 0 Å². The number of ether oxygens (including phenoxy) is 1. The van der Waals surface area contributed by atoms with Gasteiger partial charge < -0.3 is 14.2 Å². The van der Waals surface area contributed by atoms with Crippen molar-refractivity contribution >= 4 is 40.0 Å². The second kappa shape index (κ2) is 10.3. The fraction of sp³-hybridized carbons (Fsp3) is 0.214. The molecule has 4 aromatic rings. The molecule has 0 unspecified atom stereocenters. The van der Waals surface area contributed by atoms with Crippen molar-refractivity contribution < 1.29 is 35.9 Å². The van der Waals surface area contributed by atoms with Gasteiger partial charge in [-0.1, -0.05) is 35.3 Å². The number of benzene rings is 3. The van der Waals surface area contributed by atoms with Crippen LogP contribution in [0.3, 0.4) is 0 Å². The third-order valence-electron chi connectivity index (χ3n) is 6.60. The quantitative estimate of drug-likeness (QED) is 0.222. The first-order chi connectivity index (χ1) is 19.1. The van der Waals surface area contributed by atoms with Gasteiger partial charge in [0, 0.05) is 34.6 Å². The summed E-state index contributed by atoms with van der Waals surface area (Å²) in [5.74, 6) is -0.522. The predicted octanol–water partition coefficient (Wildman–Crippen LogP) is 7.68. The third-order valence-corrected chi connectivity index (χ3v) is 7.04. The molecule has 0 fully saturated rings. The number of carbonyl (C=O) groups is 1. The molecule has 0 bridgehead atoms. The predicted molar refractivity (Wildman–Crippen MR) is 141 cm³/mol. The largest absolute Gasteiger partial charge is 0.490 e. The van der Waals surface area contributed by atoms with Crippen molar-refractivity contribution in [3.8, 4) is 16.9 Å². The summed E-state index contributed by atoms with van der Waals surface area (Å²) in [7, 11) is 1.18. The summed E-state index contributed by atoms with van der Waals surface area (Å²) in [5.41, 5.74) is -3.63. The number of aromatic nitrogens is 1. The Morgan fingerprint density at radius 2 is 1.56 bits per heavy atom. The lowest BCUT2D eigenvalue weighted by atomic mass is 9.94. The maximum atomic E-state index is 13.9. The SMILES string of the molecule is CN(Cc1cc(C(F)(F)F)cc(C(F)(F)F)c1)C(=O)c1c(-c2cc(Cl)cc(Cl)c2)c2cccc3c2n(c1=O)CCO3. The first-order valence-corrected chi connectivity index (χ1v) is 12.7. The monoisotopic (exact) mass is 614 g/mol. The van der Waals surface area contributed by atoms with Gasteiger partial charge in [-0.05, 0) is 53.6 Å². The normalized spacial score (nSPS) is 13.3. The third kappa shape index (κ3) is 5.48. The van der Waals surface area contributed by atoms with E-state index in [9.17, 15) is 35.9 Å². The molecule has 5 rings (SSSR count). The average molecular weight is 615 g/mol. The number of carbonyl (C=O) groups excluding carboxylic acids is 1. The van der Waals surface area contributed by atoms with E-state index in [1.165, 1.54) is 29.8 Å². The lowest BCUT2D eigenvalue weighted by molar-refractivity contribution is -0.143. The first-order valence-electron chi connectivity index (χ1n) is 12.0. The Balaban J connectivity index is 1.69. The van der Waals surface area contributed by atoms with Crippen molar-refractivity contribution in [1.29, 1.82) is 0 Å². The number of halogens is 8. The van der Waals surface area contributed by atoms with Crippen molar-refractivity contribution in [2.24, 2.45) is 0 Å². The second-order valence-electron chi connectivity index (χ2n) is 9.44. The van der Waals surface area contributed by atoms with E-state index in [0.29, 0.717) is 34.3 Å². The van der Waals surface area contributed by atoms with E-state index in [2.05, 4.69) is 0 Å². The molecule has 3 aromatic carbocycles. The van der Waals surface area contributed by atoms with E-state index in [4.69, 9.17) is 27.9 Å². The lowest BCUT2D eigenvalue weighted by Gasteiger charge is -2.25. The molecule has 0 aliphatic carbocycles. The van der Waals surface area contributed by atoms with Gasteiger partial charge in [-0.25, -0.2) is 0 Å². The molecule has 1 aromatic heterocycles. The number of amides is 1. The van der Waals surface area contributed by atoms with E-state index in [-0.39, 0.29) is 40.4 Å². The Morgan fingerprint density at radius 1 is 0.951 bits per heavy atom.